The SMILES string of the molecule is COC(=O)c1ccc(OC)c(OCc2ccccc2)c1-c1c(CO)ccc(OC)c1OCc1ccccc1. The second kappa shape index (κ2) is 12.7. The summed E-state index contributed by atoms with van der Waals surface area (Å²) >= 11 is 0. The van der Waals surface area contributed by atoms with Gasteiger partial charge in [-0.25, -0.2) is 4.79 Å². The summed E-state index contributed by atoms with van der Waals surface area (Å²) in [6.07, 6.45) is 0. The van der Waals surface area contributed by atoms with Crippen molar-refractivity contribution in [3.05, 3.63) is 107 Å². The fourth-order valence-electron chi connectivity index (χ4n) is 4.17. The molecule has 0 aliphatic carbocycles. The van der Waals surface area contributed by atoms with Gasteiger partial charge in [0.2, 0.25) is 0 Å². The Bertz CT molecular complexity index is 1370. The Labute approximate surface area is 222 Å². The molecule has 0 amide bonds. The minimum atomic E-state index is -0.576. The lowest BCUT2D eigenvalue weighted by Gasteiger charge is -2.23. The predicted molar refractivity (Wildman–Crippen MR) is 144 cm³/mol. The Morgan fingerprint density at radius 3 is 1.63 bits per heavy atom. The number of aliphatic hydroxyl groups excluding tert-OH is 1. The van der Waals surface area contributed by atoms with Gasteiger partial charge in [-0.2, -0.15) is 0 Å². The molecular formula is C31H30O7. The summed E-state index contributed by atoms with van der Waals surface area (Å²) in [5.41, 5.74) is 3.43. The highest BCUT2D eigenvalue weighted by atomic mass is 16.5. The van der Waals surface area contributed by atoms with Crippen LogP contribution in [0.5, 0.6) is 23.0 Å². The van der Waals surface area contributed by atoms with Crippen molar-refractivity contribution in [2.24, 2.45) is 0 Å². The van der Waals surface area contributed by atoms with Crippen LogP contribution in [-0.4, -0.2) is 32.4 Å². The average Bonchev–Trinajstić information content (AvgIpc) is 2.98. The molecule has 0 aliphatic heterocycles. The molecule has 0 spiro atoms. The topological polar surface area (TPSA) is 83.5 Å². The molecule has 0 saturated carbocycles. The zero-order chi connectivity index (χ0) is 26.9. The number of ether oxygens (including phenoxy) is 5. The van der Waals surface area contributed by atoms with Crippen molar-refractivity contribution in [1.82, 2.24) is 0 Å². The van der Waals surface area contributed by atoms with Gasteiger partial charge < -0.3 is 28.8 Å². The summed E-state index contributed by atoms with van der Waals surface area (Å²) < 4.78 is 29.1. The van der Waals surface area contributed by atoms with Crippen molar-refractivity contribution in [2.75, 3.05) is 21.3 Å². The average molecular weight is 515 g/mol. The van der Waals surface area contributed by atoms with E-state index in [0.717, 1.165) is 11.1 Å². The van der Waals surface area contributed by atoms with Crippen molar-refractivity contribution in [2.45, 2.75) is 19.8 Å². The van der Waals surface area contributed by atoms with E-state index in [1.54, 1.807) is 24.3 Å². The third kappa shape index (κ3) is 5.74. The highest BCUT2D eigenvalue weighted by molar-refractivity contribution is 6.02. The lowest BCUT2D eigenvalue weighted by atomic mass is 9.92. The number of carbonyl (C=O) groups is 1. The van der Waals surface area contributed by atoms with Crippen molar-refractivity contribution < 1.29 is 33.6 Å². The van der Waals surface area contributed by atoms with E-state index in [-0.39, 0.29) is 25.4 Å². The summed E-state index contributed by atoms with van der Waals surface area (Å²) in [6.45, 7) is 0.126. The van der Waals surface area contributed by atoms with E-state index in [1.165, 1.54) is 21.3 Å². The first kappa shape index (κ1) is 26.6. The number of benzene rings is 4. The molecule has 7 nitrogen and oxygen atoms in total. The predicted octanol–water partition coefficient (Wildman–Crippen LogP) is 5.81. The van der Waals surface area contributed by atoms with Crippen LogP contribution in [0, 0.1) is 0 Å². The monoisotopic (exact) mass is 514 g/mol. The molecule has 0 fully saturated rings. The van der Waals surface area contributed by atoms with E-state index in [1.807, 2.05) is 60.7 Å². The Morgan fingerprint density at radius 1 is 0.658 bits per heavy atom. The third-order valence-corrected chi connectivity index (χ3v) is 6.05. The molecule has 0 aromatic heterocycles. The van der Waals surface area contributed by atoms with Crippen LogP contribution in [0.1, 0.15) is 27.0 Å². The first-order chi connectivity index (χ1) is 18.6. The molecule has 7 heteroatoms. The number of hydrogen-bond acceptors (Lipinski definition) is 7. The smallest absolute Gasteiger partial charge is 0.338 e. The van der Waals surface area contributed by atoms with E-state index >= 15 is 0 Å². The second-order valence-corrected chi connectivity index (χ2v) is 8.35. The summed E-state index contributed by atoms with van der Waals surface area (Å²) in [7, 11) is 4.37. The molecule has 0 unspecified atom stereocenters. The highest BCUT2D eigenvalue weighted by Crippen LogP contribution is 2.49. The first-order valence-electron chi connectivity index (χ1n) is 12.0. The number of hydrogen-bond donors (Lipinski definition) is 1. The molecule has 0 saturated heterocycles. The van der Waals surface area contributed by atoms with E-state index in [4.69, 9.17) is 23.7 Å². The number of aliphatic hydroxyl groups is 1. The van der Waals surface area contributed by atoms with Crippen molar-refractivity contribution in [3.8, 4) is 34.1 Å². The zero-order valence-corrected chi connectivity index (χ0v) is 21.6. The molecule has 0 radical (unpaired) electrons. The van der Waals surface area contributed by atoms with Crippen LogP contribution in [0.15, 0.2) is 84.9 Å². The summed E-state index contributed by atoms with van der Waals surface area (Å²) in [5.74, 6) is 0.927. The molecule has 0 aliphatic rings. The van der Waals surface area contributed by atoms with Gasteiger partial charge in [-0.1, -0.05) is 66.7 Å². The van der Waals surface area contributed by atoms with Gasteiger partial charge in [0.1, 0.15) is 13.2 Å². The van der Waals surface area contributed by atoms with E-state index in [0.29, 0.717) is 39.7 Å². The van der Waals surface area contributed by atoms with Gasteiger partial charge in [-0.05, 0) is 34.9 Å². The quantitative estimate of drug-likeness (QED) is 0.253. The lowest BCUT2D eigenvalue weighted by molar-refractivity contribution is 0.0601. The molecule has 0 bridgehead atoms. The van der Waals surface area contributed by atoms with Gasteiger partial charge in [0.05, 0.1) is 33.5 Å². The van der Waals surface area contributed by atoms with Crippen molar-refractivity contribution in [3.63, 3.8) is 0 Å². The Balaban J connectivity index is 1.95. The molecular weight excluding hydrogens is 484 g/mol. The number of carbonyl (C=O) groups excluding carboxylic acids is 1. The third-order valence-electron chi connectivity index (χ3n) is 6.05. The van der Waals surface area contributed by atoms with Crippen LogP contribution in [-0.2, 0) is 24.6 Å². The molecule has 0 atom stereocenters. The Morgan fingerprint density at radius 2 is 1.16 bits per heavy atom. The van der Waals surface area contributed by atoms with Crippen molar-refractivity contribution >= 4 is 5.97 Å². The second-order valence-electron chi connectivity index (χ2n) is 8.35. The first-order valence-corrected chi connectivity index (χ1v) is 12.0. The van der Waals surface area contributed by atoms with Gasteiger partial charge in [0.15, 0.2) is 23.0 Å². The van der Waals surface area contributed by atoms with Gasteiger partial charge in [-0.3, -0.25) is 0 Å². The standard InChI is InChI=1S/C31H30O7/c1-34-25-16-14-23(18-32)27(29(25)37-19-21-10-6-4-7-11-21)28-24(31(33)36-3)15-17-26(35-2)30(28)38-20-22-12-8-5-9-13-22/h4-17,32H,18-20H2,1-3H3. The molecule has 38 heavy (non-hydrogen) atoms. The molecule has 4 aromatic rings. The maximum Gasteiger partial charge on any atom is 0.338 e. The van der Waals surface area contributed by atoms with Crippen molar-refractivity contribution in [1.29, 1.82) is 0 Å². The van der Waals surface area contributed by atoms with E-state index in [9.17, 15) is 9.90 Å². The minimum absolute atomic E-state index is 0.216. The summed E-state index contributed by atoms with van der Waals surface area (Å²) in [6, 6.07) is 26.0. The van der Waals surface area contributed by atoms with Crippen LogP contribution in [0.2, 0.25) is 0 Å². The molecule has 1 N–H and O–H groups in total. The van der Waals surface area contributed by atoms with Gasteiger partial charge >= 0.3 is 5.97 Å². The minimum Gasteiger partial charge on any atom is -0.493 e. The summed E-state index contributed by atoms with van der Waals surface area (Å²) in [5, 5.41) is 10.4. The maximum absolute atomic E-state index is 13.0. The number of methoxy groups -OCH3 is 3. The zero-order valence-electron chi connectivity index (χ0n) is 21.6. The molecule has 196 valence electrons. The van der Waals surface area contributed by atoms with Crippen LogP contribution in [0.25, 0.3) is 11.1 Å². The van der Waals surface area contributed by atoms with E-state index < -0.39 is 5.97 Å². The Kier molecular flexibility index (Phi) is 8.85. The van der Waals surface area contributed by atoms with Crippen LogP contribution >= 0.6 is 0 Å². The summed E-state index contributed by atoms with van der Waals surface area (Å²) in [4.78, 5) is 13.0. The largest absolute Gasteiger partial charge is 0.493 e. The fraction of sp³-hybridized carbons (Fsp3) is 0.194. The molecule has 0 heterocycles. The lowest BCUT2D eigenvalue weighted by Crippen LogP contribution is -2.10. The van der Waals surface area contributed by atoms with E-state index in [2.05, 4.69) is 0 Å². The normalized spacial score (nSPS) is 10.5. The Hall–Kier alpha value is -4.49. The molecule has 4 aromatic carbocycles. The van der Waals surface area contributed by atoms with Crippen LogP contribution < -0.4 is 18.9 Å². The maximum atomic E-state index is 13.0. The van der Waals surface area contributed by atoms with Gasteiger partial charge in [-0.15, -0.1) is 0 Å². The van der Waals surface area contributed by atoms with Gasteiger partial charge in [0.25, 0.3) is 0 Å². The number of esters is 1. The molecule has 4 rings (SSSR count). The highest BCUT2D eigenvalue weighted by Gasteiger charge is 2.28. The van der Waals surface area contributed by atoms with Crippen LogP contribution in [0.3, 0.4) is 0 Å². The van der Waals surface area contributed by atoms with Gasteiger partial charge in [0, 0.05) is 11.1 Å². The van der Waals surface area contributed by atoms with Crippen LogP contribution in [0.4, 0.5) is 0 Å². The fourth-order valence-corrected chi connectivity index (χ4v) is 4.17. The number of rotatable bonds is 11.